The summed E-state index contributed by atoms with van der Waals surface area (Å²) in [5.41, 5.74) is 5.60. The Morgan fingerprint density at radius 1 is 0.875 bits per heavy atom. The van der Waals surface area contributed by atoms with Gasteiger partial charge >= 0.3 is 0 Å². The van der Waals surface area contributed by atoms with Crippen LogP contribution in [0.25, 0.3) is 11.1 Å². The molecule has 1 spiro atoms. The van der Waals surface area contributed by atoms with Crippen molar-refractivity contribution in [2.24, 2.45) is 0 Å². The van der Waals surface area contributed by atoms with Gasteiger partial charge in [0.1, 0.15) is 11.4 Å². The van der Waals surface area contributed by atoms with Crippen molar-refractivity contribution in [3.63, 3.8) is 0 Å². The average molecular weight is 444 g/mol. The van der Waals surface area contributed by atoms with E-state index in [2.05, 4.69) is 56.1 Å². The Labute approximate surface area is 156 Å². The topological polar surface area (TPSA) is 29.5 Å². The summed E-state index contributed by atoms with van der Waals surface area (Å²) in [4.78, 5) is 0. The lowest BCUT2D eigenvalue weighted by molar-refractivity contribution is 0.0290. The fourth-order valence-corrected chi connectivity index (χ4v) is 4.75. The Morgan fingerprint density at radius 3 is 2.12 bits per heavy atom. The highest BCUT2D eigenvalue weighted by molar-refractivity contribution is 9.10. The third-order valence-electron chi connectivity index (χ3n) is 4.94. The molecule has 0 saturated carbocycles. The molecule has 0 amide bonds. The zero-order valence-corrected chi connectivity index (χ0v) is 15.7. The maximum atomic E-state index is 10.6. The van der Waals surface area contributed by atoms with Gasteiger partial charge in [0.2, 0.25) is 0 Å². The van der Waals surface area contributed by atoms with Gasteiger partial charge in [-0.2, -0.15) is 0 Å². The van der Waals surface area contributed by atoms with Crippen LogP contribution in [0.1, 0.15) is 22.3 Å². The lowest BCUT2D eigenvalue weighted by Gasteiger charge is -2.28. The second kappa shape index (κ2) is 4.94. The van der Waals surface area contributed by atoms with Crippen LogP contribution in [0.2, 0.25) is 0 Å². The van der Waals surface area contributed by atoms with Crippen molar-refractivity contribution >= 4 is 31.9 Å². The summed E-state index contributed by atoms with van der Waals surface area (Å²) in [5, 5.41) is 10.6. The Kier molecular flexibility index (Phi) is 3.03. The predicted molar refractivity (Wildman–Crippen MR) is 100 cm³/mol. The maximum absolute atomic E-state index is 10.6. The number of halogens is 2. The number of benzene rings is 3. The van der Waals surface area contributed by atoms with Crippen LogP contribution in [0.3, 0.4) is 0 Å². The molecule has 0 saturated heterocycles. The zero-order chi connectivity index (χ0) is 16.5. The Bertz CT molecular complexity index is 959. The van der Waals surface area contributed by atoms with E-state index >= 15 is 0 Å². The van der Waals surface area contributed by atoms with Gasteiger partial charge in [0, 0.05) is 25.6 Å². The molecule has 3 aromatic rings. The highest BCUT2D eigenvalue weighted by Crippen LogP contribution is 2.59. The van der Waals surface area contributed by atoms with E-state index < -0.39 is 5.60 Å². The van der Waals surface area contributed by atoms with Crippen molar-refractivity contribution in [2.45, 2.75) is 12.2 Å². The lowest BCUT2D eigenvalue weighted by atomic mass is 9.83. The van der Waals surface area contributed by atoms with Crippen molar-refractivity contribution in [2.75, 3.05) is 0 Å². The zero-order valence-electron chi connectivity index (χ0n) is 12.5. The summed E-state index contributed by atoms with van der Waals surface area (Å²) >= 11 is 7.17. The second-order valence-electron chi connectivity index (χ2n) is 6.16. The number of ether oxygens (including phenoxy) is 1. The van der Waals surface area contributed by atoms with Crippen molar-refractivity contribution in [3.8, 4) is 16.9 Å². The molecule has 0 atom stereocenters. The van der Waals surface area contributed by atoms with Crippen LogP contribution in [-0.4, -0.2) is 5.11 Å². The van der Waals surface area contributed by atoms with E-state index in [1.54, 1.807) is 6.07 Å². The van der Waals surface area contributed by atoms with Crippen molar-refractivity contribution in [1.82, 2.24) is 0 Å². The molecule has 118 valence electrons. The lowest BCUT2D eigenvalue weighted by Crippen LogP contribution is -2.26. The maximum Gasteiger partial charge on any atom is 0.149 e. The van der Waals surface area contributed by atoms with Gasteiger partial charge in [-0.1, -0.05) is 56.1 Å². The van der Waals surface area contributed by atoms with E-state index in [1.807, 2.05) is 24.3 Å². The molecule has 1 N–H and O–H groups in total. The summed E-state index contributed by atoms with van der Waals surface area (Å²) in [6, 6.07) is 18.2. The molecule has 2 nitrogen and oxygen atoms in total. The first-order valence-corrected chi connectivity index (χ1v) is 9.25. The van der Waals surface area contributed by atoms with Gasteiger partial charge in [-0.05, 0) is 47.0 Å². The summed E-state index contributed by atoms with van der Waals surface area (Å²) in [6.45, 7) is 0.488. The number of rotatable bonds is 0. The largest absolute Gasteiger partial charge is 0.508 e. The van der Waals surface area contributed by atoms with Gasteiger partial charge in [0.05, 0.1) is 6.61 Å². The van der Waals surface area contributed by atoms with Crippen molar-refractivity contribution in [1.29, 1.82) is 0 Å². The fourth-order valence-electron chi connectivity index (χ4n) is 4.03. The third kappa shape index (κ3) is 1.74. The molecule has 0 aromatic heterocycles. The van der Waals surface area contributed by atoms with Crippen molar-refractivity contribution in [3.05, 3.63) is 85.8 Å². The van der Waals surface area contributed by atoms with Crippen LogP contribution < -0.4 is 0 Å². The van der Waals surface area contributed by atoms with Crippen LogP contribution in [-0.2, 0) is 16.9 Å². The molecular weight excluding hydrogens is 432 g/mol. The molecule has 1 aliphatic heterocycles. The van der Waals surface area contributed by atoms with E-state index in [0.29, 0.717) is 6.61 Å². The SMILES string of the molecule is Oc1cccc2c1C1(OC2)c2cc(Br)ccc2-c2ccc(Br)cc21. The molecule has 4 heteroatoms. The normalized spacial score (nSPS) is 16.1. The number of aromatic hydroxyl groups is 1. The summed E-state index contributed by atoms with van der Waals surface area (Å²) in [7, 11) is 0. The number of hydrogen-bond acceptors (Lipinski definition) is 2. The first-order chi connectivity index (χ1) is 11.6. The minimum absolute atomic E-state index is 0.281. The molecular formula is C20H12Br2O2. The molecule has 5 rings (SSSR count). The quantitative estimate of drug-likeness (QED) is 0.481. The predicted octanol–water partition coefficient (Wildman–Crippen LogP) is 5.72. The molecule has 2 aliphatic rings. The molecule has 1 aliphatic carbocycles. The Balaban J connectivity index is 1.95. The number of fused-ring (bicyclic) bond motifs is 7. The fraction of sp³-hybridized carbons (Fsp3) is 0.100. The van der Waals surface area contributed by atoms with Crippen LogP contribution in [0, 0.1) is 0 Å². The van der Waals surface area contributed by atoms with Crippen molar-refractivity contribution < 1.29 is 9.84 Å². The van der Waals surface area contributed by atoms with Crippen LogP contribution in [0.4, 0.5) is 0 Å². The van der Waals surface area contributed by atoms with Gasteiger partial charge in [-0.3, -0.25) is 0 Å². The van der Waals surface area contributed by atoms with E-state index in [4.69, 9.17) is 4.74 Å². The second-order valence-corrected chi connectivity index (χ2v) is 7.99. The number of phenolic OH excluding ortho intramolecular Hbond substituents is 1. The first-order valence-electron chi connectivity index (χ1n) is 7.67. The minimum atomic E-state index is -0.751. The molecule has 0 unspecified atom stereocenters. The van der Waals surface area contributed by atoms with E-state index in [0.717, 1.165) is 42.3 Å². The van der Waals surface area contributed by atoms with E-state index in [1.165, 1.54) is 0 Å². The summed E-state index contributed by atoms with van der Waals surface area (Å²) < 4.78 is 8.41. The highest BCUT2D eigenvalue weighted by atomic mass is 79.9. The standard InChI is InChI=1S/C20H12Br2O2/c21-12-4-6-14-15-7-5-13(22)9-17(15)20(16(14)8-12)19-11(10-24-20)2-1-3-18(19)23/h1-9,23H,10H2. The minimum Gasteiger partial charge on any atom is -0.508 e. The highest BCUT2D eigenvalue weighted by Gasteiger charge is 2.51. The van der Waals surface area contributed by atoms with Gasteiger partial charge < -0.3 is 9.84 Å². The van der Waals surface area contributed by atoms with Crippen LogP contribution in [0.15, 0.2) is 63.5 Å². The molecule has 1 heterocycles. The monoisotopic (exact) mass is 442 g/mol. The molecule has 24 heavy (non-hydrogen) atoms. The van der Waals surface area contributed by atoms with E-state index in [-0.39, 0.29) is 5.75 Å². The third-order valence-corrected chi connectivity index (χ3v) is 5.92. The molecule has 3 aromatic carbocycles. The van der Waals surface area contributed by atoms with Gasteiger partial charge in [-0.15, -0.1) is 0 Å². The Morgan fingerprint density at radius 2 is 1.50 bits per heavy atom. The molecule has 0 radical (unpaired) electrons. The molecule has 0 bridgehead atoms. The van der Waals surface area contributed by atoms with Crippen LogP contribution in [0.5, 0.6) is 5.75 Å². The summed E-state index contributed by atoms with van der Waals surface area (Å²) in [5.74, 6) is 0.281. The first kappa shape index (κ1) is 14.7. The average Bonchev–Trinajstić information content (AvgIpc) is 3.08. The van der Waals surface area contributed by atoms with E-state index in [9.17, 15) is 5.11 Å². The smallest absolute Gasteiger partial charge is 0.149 e. The number of phenols is 1. The van der Waals surface area contributed by atoms with Gasteiger partial charge in [0.15, 0.2) is 0 Å². The molecule has 0 fully saturated rings. The van der Waals surface area contributed by atoms with Crippen LogP contribution >= 0.6 is 31.9 Å². The number of hydrogen-bond donors (Lipinski definition) is 1. The van der Waals surface area contributed by atoms with Gasteiger partial charge in [0.25, 0.3) is 0 Å². The Hall–Kier alpha value is -1.62. The van der Waals surface area contributed by atoms with Gasteiger partial charge in [-0.25, -0.2) is 0 Å². The summed E-state index contributed by atoms with van der Waals surface area (Å²) in [6.07, 6.45) is 0.